The molecule has 5 rings (SSSR count). The Morgan fingerprint density at radius 3 is 2.07 bits per heavy atom. The topological polar surface area (TPSA) is 48.3 Å². The number of hydrogen-bond acceptors (Lipinski definition) is 3. The summed E-state index contributed by atoms with van der Waals surface area (Å²) in [5.41, 5.74) is 5.06. The highest BCUT2D eigenvalue weighted by molar-refractivity contribution is 6.31. The van der Waals surface area contributed by atoms with E-state index in [9.17, 15) is 9.59 Å². The van der Waals surface area contributed by atoms with E-state index in [1.165, 1.54) is 0 Å². The summed E-state index contributed by atoms with van der Waals surface area (Å²) in [6.45, 7) is 2.78. The number of carbonyl (C=O) groups is 2. The lowest BCUT2D eigenvalue weighted by molar-refractivity contribution is -0.143. The first-order valence-electron chi connectivity index (χ1n) is 13.6. The number of nitrogens with zero attached hydrogens (tertiary/aromatic N) is 2. The third kappa shape index (κ3) is 5.94. The molecule has 208 valence electrons. The van der Waals surface area contributed by atoms with Crippen LogP contribution in [0.15, 0.2) is 103 Å². The molecule has 0 aliphatic carbocycles. The minimum absolute atomic E-state index is 0.0639. The van der Waals surface area contributed by atoms with Crippen LogP contribution in [0.2, 0.25) is 10.0 Å². The van der Waals surface area contributed by atoms with Crippen LogP contribution in [-0.2, 0) is 16.1 Å². The molecule has 5 nitrogen and oxygen atoms in total. The van der Waals surface area contributed by atoms with Crippen LogP contribution in [0, 0.1) is 0 Å². The molecule has 0 N–H and O–H groups in total. The fourth-order valence-electron chi connectivity index (χ4n) is 5.25. The van der Waals surface area contributed by atoms with Gasteiger partial charge in [0.05, 0.1) is 13.7 Å². The van der Waals surface area contributed by atoms with Crippen molar-refractivity contribution < 1.29 is 14.3 Å². The number of quaternary nitrogens is 1. The Morgan fingerprint density at radius 2 is 1.44 bits per heavy atom. The number of carbonyl (C=O) groups excluding carboxylic acids is 2. The molecule has 0 aliphatic rings. The summed E-state index contributed by atoms with van der Waals surface area (Å²) >= 11 is 12.5. The van der Waals surface area contributed by atoms with Gasteiger partial charge in [-0.15, -0.1) is 0 Å². The van der Waals surface area contributed by atoms with Crippen molar-refractivity contribution in [3.63, 3.8) is 0 Å². The van der Waals surface area contributed by atoms with Crippen LogP contribution in [-0.4, -0.2) is 30.0 Å². The molecule has 4 aromatic carbocycles. The SMILES string of the molecule is CCOC(=O)CCCn1cc(C(=O)c2cccc([N+](C)(c3ccc(Cl)cc3)c3ccc(Cl)cc3)c2)c2ccccc21. The van der Waals surface area contributed by atoms with Crippen LogP contribution >= 0.6 is 23.2 Å². The number of halogens is 2. The lowest BCUT2D eigenvalue weighted by atomic mass is 10.0. The van der Waals surface area contributed by atoms with E-state index in [-0.39, 0.29) is 11.8 Å². The van der Waals surface area contributed by atoms with Gasteiger partial charge in [-0.3, -0.25) is 9.59 Å². The number of rotatable bonds is 10. The number of ether oxygens (including phenoxy) is 1. The number of hydrogen-bond donors (Lipinski definition) is 0. The highest BCUT2D eigenvalue weighted by atomic mass is 35.5. The highest BCUT2D eigenvalue weighted by Gasteiger charge is 2.32. The molecular formula is C34H31Cl2N2O3+. The number of esters is 1. The molecule has 0 amide bonds. The van der Waals surface area contributed by atoms with E-state index in [0.29, 0.717) is 51.6 Å². The number of benzene rings is 4. The fourth-order valence-corrected chi connectivity index (χ4v) is 5.50. The third-order valence-electron chi connectivity index (χ3n) is 7.43. The van der Waals surface area contributed by atoms with Gasteiger partial charge in [-0.1, -0.05) is 53.5 Å². The Hall–Kier alpha value is -3.90. The van der Waals surface area contributed by atoms with Crippen molar-refractivity contribution in [3.05, 3.63) is 124 Å². The van der Waals surface area contributed by atoms with Gasteiger partial charge in [-0.2, -0.15) is 0 Å². The molecule has 0 bridgehead atoms. The first-order chi connectivity index (χ1) is 19.8. The van der Waals surface area contributed by atoms with Gasteiger partial charge in [0.25, 0.3) is 0 Å². The average Bonchev–Trinajstić information content (AvgIpc) is 3.36. The van der Waals surface area contributed by atoms with Gasteiger partial charge in [-0.05, 0) is 43.7 Å². The van der Waals surface area contributed by atoms with Gasteiger partial charge >= 0.3 is 5.97 Å². The second-order valence-electron chi connectivity index (χ2n) is 10.0. The lowest BCUT2D eigenvalue weighted by Crippen LogP contribution is -2.33. The Labute approximate surface area is 250 Å². The molecule has 1 aromatic heterocycles. The normalized spacial score (nSPS) is 11.5. The maximum atomic E-state index is 14.1. The van der Waals surface area contributed by atoms with Crippen molar-refractivity contribution in [2.75, 3.05) is 13.7 Å². The standard InChI is InChI=1S/C34H31Cl2N2O3/c1-3-41-33(39)12-7-21-37-23-31(30-10-4-5-11-32(30)37)34(40)24-8-6-9-29(22-24)38(2,27-17-13-25(35)14-18-27)28-19-15-26(36)16-20-28/h4-6,8-11,13-20,22-23H,3,7,12,21H2,1-2H3/q+1. The van der Waals surface area contributed by atoms with Crippen LogP contribution in [0.3, 0.4) is 0 Å². The fraction of sp³-hybridized carbons (Fsp3) is 0.176. The maximum absolute atomic E-state index is 14.1. The van der Waals surface area contributed by atoms with Crippen LogP contribution in [0.4, 0.5) is 17.1 Å². The summed E-state index contributed by atoms with van der Waals surface area (Å²) in [5, 5.41) is 2.18. The lowest BCUT2D eigenvalue weighted by Gasteiger charge is -2.33. The second kappa shape index (κ2) is 12.3. The molecular weight excluding hydrogens is 555 g/mol. The van der Waals surface area contributed by atoms with Crippen molar-refractivity contribution in [3.8, 4) is 0 Å². The van der Waals surface area contributed by atoms with Crippen LogP contribution < -0.4 is 4.48 Å². The molecule has 0 aliphatic heterocycles. The minimum atomic E-state index is -0.209. The quantitative estimate of drug-likeness (QED) is 0.0932. The maximum Gasteiger partial charge on any atom is 0.305 e. The largest absolute Gasteiger partial charge is 0.466 e. The molecule has 5 aromatic rings. The van der Waals surface area contributed by atoms with Gasteiger partial charge < -0.3 is 9.30 Å². The number of ketones is 1. The zero-order valence-electron chi connectivity index (χ0n) is 23.0. The molecule has 0 saturated carbocycles. The molecule has 0 fully saturated rings. The monoisotopic (exact) mass is 585 g/mol. The van der Waals surface area contributed by atoms with Crippen molar-refractivity contribution in [2.24, 2.45) is 0 Å². The van der Waals surface area contributed by atoms with E-state index in [1.807, 2.05) is 108 Å². The number of aromatic nitrogens is 1. The van der Waals surface area contributed by atoms with E-state index < -0.39 is 0 Å². The number of aryl methyl sites for hydroxylation is 1. The first kappa shape index (κ1) is 28.6. The van der Waals surface area contributed by atoms with Gasteiger partial charge in [0, 0.05) is 87.6 Å². The van der Waals surface area contributed by atoms with E-state index >= 15 is 0 Å². The molecule has 0 spiro atoms. The second-order valence-corrected chi connectivity index (χ2v) is 10.9. The van der Waals surface area contributed by atoms with Crippen molar-refractivity contribution in [1.29, 1.82) is 0 Å². The smallest absolute Gasteiger partial charge is 0.305 e. The van der Waals surface area contributed by atoms with Gasteiger partial charge in [0.2, 0.25) is 0 Å². The van der Waals surface area contributed by atoms with Crippen LogP contribution in [0.5, 0.6) is 0 Å². The highest BCUT2D eigenvalue weighted by Crippen LogP contribution is 2.43. The third-order valence-corrected chi connectivity index (χ3v) is 7.93. The summed E-state index contributed by atoms with van der Waals surface area (Å²) in [6, 6.07) is 31.1. The molecule has 0 unspecified atom stereocenters. The summed E-state index contributed by atoms with van der Waals surface area (Å²) in [5.74, 6) is -0.273. The Morgan fingerprint density at radius 1 is 0.805 bits per heavy atom. The van der Waals surface area contributed by atoms with Gasteiger partial charge in [0.1, 0.15) is 17.1 Å². The van der Waals surface area contributed by atoms with E-state index in [2.05, 4.69) is 7.05 Å². The molecule has 0 radical (unpaired) electrons. The van der Waals surface area contributed by atoms with Crippen molar-refractivity contribution in [2.45, 2.75) is 26.3 Å². The van der Waals surface area contributed by atoms with Crippen LogP contribution in [0.25, 0.3) is 10.9 Å². The molecule has 0 atom stereocenters. The van der Waals surface area contributed by atoms with Crippen LogP contribution in [0.1, 0.15) is 35.7 Å². The molecule has 1 heterocycles. The first-order valence-corrected chi connectivity index (χ1v) is 14.3. The summed E-state index contributed by atoms with van der Waals surface area (Å²) < 4.78 is 7.43. The molecule has 7 heteroatoms. The van der Waals surface area contributed by atoms with Crippen molar-refractivity contribution >= 4 is 62.9 Å². The molecule has 0 saturated heterocycles. The molecule has 41 heavy (non-hydrogen) atoms. The Bertz CT molecular complexity index is 1650. The van der Waals surface area contributed by atoms with Gasteiger partial charge in [0.15, 0.2) is 5.78 Å². The zero-order valence-corrected chi connectivity index (χ0v) is 24.5. The summed E-state index contributed by atoms with van der Waals surface area (Å²) in [4.78, 5) is 25.9. The van der Waals surface area contributed by atoms with Crippen molar-refractivity contribution in [1.82, 2.24) is 9.05 Å². The average molecular weight is 587 g/mol. The van der Waals surface area contributed by atoms with Gasteiger partial charge in [-0.25, -0.2) is 4.48 Å². The van der Waals surface area contributed by atoms with E-state index in [1.54, 1.807) is 6.92 Å². The number of fused-ring (bicyclic) bond motifs is 1. The summed E-state index contributed by atoms with van der Waals surface area (Å²) in [6.07, 6.45) is 2.85. The number of para-hydroxylation sites is 1. The Balaban J connectivity index is 1.53. The summed E-state index contributed by atoms with van der Waals surface area (Å²) in [7, 11) is 2.09. The van der Waals surface area contributed by atoms with E-state index in [0.717, 1.165) is 28.0 Å². The Kier molecular flexibility index (Phi) is 8.60. The van der Waals surface area contributed by atoms with E-state index in [4.69, 9.17) is 27.9 Å². The minimum Gasteiger partial charge on any atom is -0.466 e. The zero-order chi connectivity index (χ0) is 29.0. The predicted molar refractivity (Wildman–Crippen MR) is 168 cm³/mol. The predicted octanol–water partition coefficient (Wildman–Crippen LogP) is 9.12.